The number of aryl methyl sites for hydroxylation is 1. The van der Waals surface area contributed by atoms with Gasteiger partial charge in [0.25, 0.3) is 5.91 Å². The fourth-order valence-corrected chi connectivity index (χ4v) is 3.13. The topological polar surface area (TPSA) is 50.1 Å². The molecule has 0 saturated carbocycles. The Hall–Kier alpha value is -1.99. The van der Waals surface area contributed by atoms with Crippen LogP contribution in [0.2, 0.25) is 0 Å². The van der Waals surface area contributed by atoms with Crippen LogP contribution in [0, 0.1) is 12.9 Å². The maximum atomic E-state index is 14.8. The van der Waals surface area contributed by atoms with Crippen LogP contribution in [0.15, 0.2) is 18.2 Å². The molecule has 3 rings (SSSR count). The number of carbonyl (C=O) groups is 1. The van der Waals surface area contributed by atoms with E-state index < -0.39 is 5.95 Å². The van der Waals surface area contributed by atoms with E-state index in [0.29, 0.717) is 31.0 Å². The average Bonchev–Trinajstić information content (AvgIpc) is 3.19. The molecule has 1 atom stereocenters. The van der Waals surface area contributed by atoms with E-state index in [1.807, 2.05) is 25.1 Å². The summed E-state index contributed by atoms with van der Waals surface area (Å²) in [6.45, 7) is 4.20. The highest BCUT2D eigenvalue weighted by molar-refractivity contribution is 5.93. The first-order valence-electron chi connectivity index (χ1n) is 8.66. The molecule has 2 aromatic rings. The average molecular weight is 348 g/mol. The van der Waals surface area contributed by atoms with Crippen molar-refractivity contribution >= 4 is 11.6 Å². The lowest BCUT2D eigenvalue weighted by Gasteiger charge is -2.26. The van der Waals surface area contributed by atoms with Gasteiger partial charge in [0.1, 0.15) is 5.65 Å². The molecule has 0 bridgehead atoms. The Labute approximate surface area is 147 Å². The molecule has 0 radical (unpaired) electrons. The van der Waals surface area contributed by atoms with Gasteiger partial charge in [0.15, 0.2) is 5.69 Å². The zero-order valence-corrected chi connectivity index (χ0v) is 15.0. The van der Waals surface area contributed by atoms with Gasteiger partial charge in [-0.3, -0.25) is 9.20 Å². The van der Waals surface area contributed by atoms with Gasteiger partial charge >= 0.3 is 0 Å². The van der Waals surface area contributed by atoms with Crippen LogP contribution in [-0.2, 0) is 4.74 Å². The maximum Gasteiger partial charge on any atom is 0.277 e. The Kier molecular flexibility index (Phi) is 5.34. The summed E-state index contributed by atoms with van der Waals surface area (Å²) >= 11 is 0. The summed E-state index contributed by atoms with van der Waals surface area (Å²) in [7, 11) is 3.90. The van der Waals surface area contributed by atoms with E-state index >= 15 is 0 Å². The summed E-state index contributed by atoms with van der Waals surface area (Å²) in [5, 5.41) is 0. The molecule has 0 aromatic carbocycles. The summed E-state index contributed by atoms with van der Waals surface area (Å²) in [5.74, 6) is -0.974. The maximum absolute atomic E-state index is 14.8. The van der Waals surface area contributed by atoms with Crippen LogP contribution >= 0.6 is 0 Å². The van der Waals surface area contributed by atoms with Crippen molar-refractivity contribution in [3.63, 3.8) is 0 Å². The Morgan fingerprint density at radius 2 is 2.20 bits per heavy atom. The zero-order chi connectivity index (χ0) is 18.0. The van der Waals surface area contributed by atoms with Crippen LogP contribution in [0.5, 0.6) is 0 Å². The number of amides is 1. The molecule has 6 nitrogen and oxygen atoms in total. The molecule has 0 unspecified atom stereocenters. The van der Waals surface area contributed by atoms with Gasteiger partial charge in [-0.1, -0.05) is 6.07 Å². The monoisotopic (exact) mass is 348 g/mol. The number of likely N-dealkylation sites (N-methyl/N-ethyl adjacent to an activating group) is 1. The molecule has 25 heavy (non-hydrogen) atoms. The van der Waals surface area contributed by atoms with Gasteiger partial charge in [-0.15, -0.1) is 0 Å². The van der Waals surface area contributed by atoms with Crippen molar-refractivity contribution in [1.82, 2.24) is 19.2 Å². The molecule has 7 heteroatoms. The normalized spacial score (nSPS) is 17.6. The number of aromatic nitrogens is 2. The SMILES string of the molecule is Cc1cccc2nc(C(=O)N(CCN(C)C)C[C@H]3CCCO3)c(F)n12. The third-order valence-electron chi connectivity index (χ3n) is 4.54. The molecule has 3 heterocycles. The standard InChI is InChI=1S/C18H25FN4O2/c1-13-6-4-8-15-20-16(17(19)23(13)15)18(24)22(10-9-21(2)3)12-14-7-5-11-25-14/h4,6,8,14H,5,7,9-12H2,1-3H3/t14-/m1/s1. The van der Waals surface area contributed by atoms with Crippen LogP contribution in [0.25, 0.3) is 5.65 Å². The zero-order valence-electron chi connectivity index (χ0n) is 15.0. The highest BCUT2D eigenvalue weighted by atomic mass is 19.1. The van der Waals surface area contributed by atoms with Gasteiger partial charge in [-0.25, -0.2) is 4.98 Å². The number of rotatable bonds is 6. The minimum atomic E-state index is -0.597. The molecule has 1 aliphatic heterocycles. The summed E-state index contributed by atoms with van der Waals surface area (Å²) in [6, 6.07) is 5.31. The number of halogens is 1. The molecule has 0 N–H and O–H groups in total. The molecule has 0 spiro atoms. The van der Waals surface area contributed by atoms with Crippen molar-refractivity contribution in [3.05, 3.63) is 35.5 Å². The van der Waals surface area contributed by atoms with Crippen molar-refractivity contribution in [2.24, 2.45) is 0 Å². The van der Waals surface area contributed by atoms with Crippen molar-refractivity contribution in [2.45, 2.75) is 25.9 Å². The van der Waals surface area contributed by atoms with E-state index in [1.54, 1.807) is 24.0 Å². The first kappa shape index (κ1) is 17.8. The number of pyridine rings is 1. The third-order valence-corrected chi connectivity index (χ3v) is 4.54. The van der Waals surface area contributed by atoms with Gasteiger partial charge in [-0.05, 0) is 46.0 Å². The molecular formula is C18H25FN4O2. The first-order valence-corrected chi connectivity index (χ1v) is 8.66. The molecule has 1 fully saturated rings. The van der Waals surface area contributed by atoms with Gasteiger partial charge in [0, 0.05) is 31.9 Å². The van der Waals surface area contributed by atoms with Crippen LogP contribution in [0.1, 0.15) is 29.0 Å². The lowest BCUT2D eigenvalue weighted by molar-refractivity contribution is 0.0504. The fraction of sp³-hybridized carbons (Fsp3) is 0.556. The van der Waals surface area contributed by atoms with Crippen LogP contribution < -0.4 is 0 Å². The first-order chi connectivity index (χ1) is 12.0. The highest BCUT2D eigenvalue weighted by Crippen LogP contribution is 2.18. The number of nitrogens with zero attached hydrogens (tertiary/aromatic N) is 4. The van der Waals surface area contributed by atoms with Crippen LogP contribution in [0.4, 0.5) is 4.39 Å². The molecule has 2 aromatic heterocycles. The second-order valence-corrected chi connectivity index (χ2v) is 6.80. The molecule has 1 aliphatic rings. The highest BCUT2D eigenvalue weighted by Gasteiger charge is 2.28. The van der Waals surface area contributed by atoms with Gasteiger partial charge in [0.05, 0.1) is 6.10 Å². The summed E-state index contributed by atoms with van der Waals surface area (Å²) in [5.41, 5.74) is 1.04. The smallest absolute Gasteiger partial charge is 0.277 e. The largest absolute Gasteiger partial charge is 0.376 e. The predicted octanol–water partition coefficient (Wildman–Crippen LogP) is 1.96. The van der Waals surface area contributed by atoms with Crippen molar-refractivity contribution in [1.29, 1.82) is 0 Å². The summed E-state index contributed by atoms with van der Waals surface area (Å²) < 4.78 is 21.9. The Morgan fingerprint density at radius 1 is 1.40 bits per heavy atom. The number of imidazole rings is 1. The second-order valence-electron chi connectivity index (χ2n) is 6.80. The van der Waals surface area contributed by atoms with E-state index in [1.165, 1.54) is 4.40 Å². The fourth-order valence-electron chi connectivity index (χ4n) is 3.13. The second kappa shape index (κ2) is 7.49. The number of hydrogen-bond acceptors (Lipinski definition) is 4. The van der Waals surface area contributed by atoms with E-state index in [-0.39, 0.29) is 17.7 Å². The van der Waals surface area contributed by atoms with Crippen LogP contribution in [0.3, 0.4) is 0 Å². The van der Waals surface area contributed by atoms with Gasteiger partial charge < -0.3 is 14.5 Å². The molecule has 0 aliphatic carbocycles. The van der Waals surface area contributed by atoms with Crippen molar-refractivity contribution in [2.75, 3.05) is 40.3 Å². The Morgan fingerprint density at radius 3 is 2.84 bits per heavy atom. The summed E-state index contributed by atoms with van der Waals surface area (Å²) in [4.78, 5) is 20.9. The quantitative estimate of drug-likeness (QED) is 0.801. The Bertz CT molecular complexity index is 753. The van der Waals surface area contributed by atoms with E-state index in [9.17, 15) is 9.18 Å². The minimum absolute atomic E-state index is 0.0212. The van der Waals surface area contributed by atoms with Gasteiger partial charge in [0.2, 0.25) is 5.95 Å². The van der Waals surface area contributed by atoms with Gasteiger partial charge in [-0.2, -0.15) is 4.39 Å². The van der Waals surface area contributed by atoms with Crippen molar-refractivity contribution in [3.8, 4) is 0 Å². The van der Waals surface area contributed by atoms with Crippen LogP contribution in [-0.4, -0.2) is 71.5 Å². The number of hydrogen-bond donors (Lipinski definition) is 0. The molecular weight excluding hydrogens is 323 g/mol. The van der Waals surface area contributed by atoms with E-state index in [2.05, 4.69) is 4.98 Å². The lowest BCUT2D eigenvalue weighted by Crippen LogP contribution is -2.41. The number of fused-ring (bicyclic) bond motifs is 1. The molecule has 136 valence electrons. The predicted molar refractivity (Wildman–Crippen MR) is 93.3 cm³/mol. The Balaban J connectivity index is 1.87. The van der Waals surface area contributed by atoms with E-state index in [4.69, 9.17) is 4.74 Å². The minimum Gasteiger partial charge on any atom is -0.376 e. The van der Waals surface area contributed by atoms with E-state index in [0.717, 1.165) is 19.4 Å². The number of ether oxygens (including phenoxy) is 1. The summed E-state index contributed by atoms with van der Waals surface area (Å²) in [6.07, 6.45) is 1.95. The molecule has 1 saturated heterocycles. The lowest BCUT2D eigenvalue weighted by atomic mass is 10.2. The third kappa shape index (κ3) is 3.82. The molecule has 1 amide bonds. The number of carbonyl (C=O) groups excluding carboxylic acids is 1. The van der Waals surface area contributed by atoms with Crippen molar-refractivity contribution < 1.29 is 13.9 Å².